The first kappa shape index (κ1) is 19.9. The van der Waals surface area contributed by atoms with E-state index in [1.807, 2.05) is 64.1 Å². The molecule has 0 amide bonds. The lowest BCUT2D eigenvalue weighted by molar-refractivity contribution is 0.00578. The Kier molecular flexibility index (Phi) is 4.69. The third-order valence-electron chi connectivity index (χ3n) is 5.95. The maximum atomic E-state index is 12.4. The van der Waals surface area contributed by atoms with Crippen LogP contribution < -0.4 is 11.1 Å². The van der Waals surface area contributed by atoms with Crippen molar-refractivity contribution in [2.45, 2.75) is 51.9 Å². The molecule has 3 aromatic rings. The zero-order valence-electron chi connectivity index (χ0n) is 17.4. The average molecular weight is 392 g/mol. The number of hydrogen-bond donors (Lipinski definition) is 1. The van der Waals surface area contributed by atoms with E-state index in [-0.39, 0.29) is 5.76 Å². The third kappa shape index (κ3) is 3.31. The Bertz CT molecular complexity index is 1110. The van der Waals surface area contributed by atoms with E-state index in [1.165, 1.54) is 0 Å². The summed E-state index contributed by atoms with van der Waals surface area (Å²) in [4.78, 5) is 12.4. The van der Waals surface area contributed by atoms with Gasteiger partial charge in [0.2, 0.25) is 0 Å². The molecule has 1 aliphatic rings. The Morgan fingerprint density at radius 3 is 2.17 bits per heavy atom. The van der Waals surface area contributed by atoms with E-state index in [9.17, 15) is 9.90 Å². The Hall–Kier alpha value is -2.41. The summed E-state index contributed by atoms with van der Waals surface area (Å²) in [6.45, 7) is 9.65. The van der Waals surface area contributed by atoms with Gasteiger partial charge in [0.25, 0.3) is 0 Å². The number of aliphatic hydroxyl groups is 1. The Morgan fingerprint density at radius 2 is 1.55 bits per heavy atom. The number of benzene rings is 2. The van der Waals surface area contributed by atoms with E-state index in [2.05, 4.69) is 0 Å². The maximum Gasteiger partial charge on any atom is 0.494 e. The summed E-state index contributed by atoms with van der Waals surface area (Å²) in [5.74, 6) is 0.250. The standard InChI is InChI=1S/C23H25BO5/c1-14(25)20-19(17-11-6-7-12-18(17)21(26)27-20)15-9-8-10-16(13-15)24-28-22(2,3)23(4,5)29-24/h6-14,25H,1-5H3. The van der Waals surface area contributed by atoms with Gasteiger partial charge in [-0.2, -0.15) is 0 Å². The van der Waals surface area contributed by atoms with Gasteiger partial charge in [0, 0.05) is 10.9 Å². The molecule has 6 heteroatoms. The first-order valence-electron chi connectivity index (χ1n) is 9.80. The second-order valence-corrected chi connectivity index (χ2v) is 8.56. The fourth-order valence-electron chi connectivity index (χ4n) is 3.63. The lowest BCUT2D eigenvalue weighted by Crippen LogP contribution is -2.41. The molecule has 0 saturated carbocycles. The molecule has 2 aromatic carbocycles. The summed E-state index contributed by atoms with van der Waals surface area (Å²) in [6.07, 6.45) is -0.928. The second kappa shape index (κ2) is 6.83. The molecule has 150 valence electrons. The van der Waals surface area contributed by atoms with Crippen LogP contribution in [-0.4, -0.2) is 23.4 Å². The minimum absolute atomic E-state index is 0.250. The molecule has 1 N–H and O–H groups in total. The minimum Gasteiger partial charge on any atom is -0.424 e. The van der Waals surface area contributed by atoms with Gasteiger partial charge in [-0.3, -0.25) is 0 Å². The lowest BCUT2D eigenvalue weighted by Gasteiger charge is -2.32. The fourth-order valence-corrected chi connectivity index (χ4v) is 3.63. The SMILES string of the molecule is CC(O)c1oc(=O)c2ccccc2c1-c1cccc(B2OC(C)(C)C(C)(C)O2)c1. The van der Waals surface area contributed by atoms with E-state index in [0.29, 0.717) is 10.9 Å². The molecule has 4 rings (SSSR count). The van der Waals surface area contributed by atoms with Gasteiger partial charge in [-0.15, -0.1) is 0 Å². The normalized spacial score (nSPS) is 18.9. The van der Waals surface area contributed by atoms with Crippen molar-refractivity contribution < 1.29 is 18.8 Å². The maximum absolute atomic E-state index is 12.4. The minimum atomic E-state index is -0.928. The van der Waals surface area contributed by atoms with Gasteiger partial charge in [-0.05, 0) is 51.7 Å². The molecule has 5 nitrogen and oxygen atoms in total. The van der Waals surface area contributed by atoms with Crippen molar-refractivity contribution in [3.05, 3.63) is 64.7 Å². The van der Waals surface area contributed by atoms with Crippen LogP contribution in [0.2, 0.25) is 0 Å². The van der Waals surface area contributed by atoms with Crippen molar-refractivity contribution in [1.29, 1.82) is 0 Å². The first-order valence-corrected chi connectivity index (χ1v) is 9.80. The predicted molar refractivity (Wildman–Crippen MR) is 114 cm³/mol. The monoisotopic (exact) mass is 392 g/mol. The lowest BCUT2D eigenvalue weighted by atomic mass is 9.77. The van der Waals surface area contributed by atoms with Crippen LogP contribution in [0.25, 0.3) is 21.9 Å². The van der Waals surface area contributed by atoms with Crippen molar-refractivity contribution in [3.8, 4) is 11.1 Å². The molecule has 1 unspecified atom stereocenters. The van der Waals surface area contributed by atoms with Crippen LogP contribution in [-0.2, 0) is 9.31 Å². The number of rotatable bonds is 3. The van der Waals surface area contributed by atoms with Gasteiger partial charge in [0.05, 0.1) is 16.6 Å². The molecule has 1 aromatic heterocycles. The van der Waals surface area contributed by atoms with Gasteiger partial charge in [-0.25, -0.2) is 4.79 Å². The molecule has 1 aliphatic heterocycles. The summed E-state index contributed by atoms with van der Waals surface area (Å²) in [7, 11) is -0.503. The van der Waals surface area contributed by atoms with Crippen molar-refractivity contribution in [1.82, 2.24) is 0 Å². The molecule has 1 atom stereocenters. The third-order valence-corrected chi connectivity index (χ3v) is 5.95. The topological polar surface area (TPSA) is 68.9 Å². The molecule has 1 fully saturated rings. The van der Waals surface area contributed by atoms with E-state index in [1.54, 1.807) is 19.1 Å². The van der Waals surface area contributed by atoms with Gasteiger partial charge in [-0.1, -0.05) is 42.5 Å². The average Bonchev–Trinajstić information content (AvgIpc) is 2.89. The molecule has 2 heterocycles. The van der Waals surface area contributed by atoms with Crippen molar-refractivity contribution in [3.63, 3.8) is 0 Å². The smallest absolute Gasteiger partial charge is 0.424 e. The van der Waals surface area contributed by atoms with Crippen LogP contribution in [0.5, 0.6) is 0 Å². The number of aliphatic hydroxyl groups excluding tert-OH is 1. The quantitative estimate of drug-likeness (QED) is 0.687. The summed E-state index contributed by atoms with van der Waals surface area (Å²) in [5.41, 5.74) is 1.06. The van der Waals surface area contributed by atoms with Gasteiger partial charge in [0.1, 0.15) is 11.9 Å². The highest BCUT2D eigenvalue weighted by molar-refractivity contribution is 6.62. The number of hydrogen-bond acceptors (Lipinski definition) is 5. The van der Waals surface area contributed by atoms with E-state index >= 15 is 0 Å². The first-order chi connectivity index (χ1) is 13.6. The van der Waals surface area contributed by atoms with Crippen LogP contribution in [0.4, 0.5) is 0 Å². The van der Waals surface area contributed by atoms with Crippen molar-refractivity contribution in [2.75, 3.05) is 0 Å². The summed E-state index contributed by atoms with van der Waals surface area (Å²) in [5, 5.41) is 11.5. The molecule has 1 saturated heterocycles. The molecular formula is C23H25BO5. The highest BCUT2D eigenvalue weighted by Gasteiger charge is 2.51. The Morgan fingerprint density at radius 1 is 0.931 bits per heavy atom. The highest BCUT2D eigenvalue weighted by atomic mass is 16.7. The summed E-state index contributed by atoms with van der Waals surface area (Å²) < 4.78 is 17.9. The highest BCUT2D eigenvalue weighted by Crippen LogP contribution is 2.37. The fraction of sp³-hybridized carbons (Fsp3) is 0.348. The second-order valence-electron chi connectivity index (χ2n) is 8.56. The van der Waals surface area contributed by atoms with Crippen LogP contribution in [0.1, 0.15) is 46.5 Å². The van der Waals surface area contributed by atoms with E-state index < -0.39 is 30.1 Å². The van der Waals surface area contributed by atoms with Crippen molar-refractivity contribution >= 4 is 23.4 Å². The van der Waals surface area contributed by atoms with Crippen LogP contribution >= 0.6 is 0 Å². The molecule has 0 radical (unpaired) electrons. The molecular weight excluding hydrogens is 367 g/mol. The van der Waals surface area contributed by atoms with E-state index in [0.717, 1.165) is 16.4 Å². The number of fused-ring (bicyclic) bond motifs is 1. The molecule has 0 spiro atoms. The van der Waals surface area contributed by atoms with Gasteiger partial charge >= 0.3 is 12.7 Å². The van der Waals surface area contributed by atoms with E-state index in [4.69, 9.17) is 13.7 Å². The zero-order chi connectivity index (χ0) is 21.0. The van der Waals surface area contributed by atoms with Crippen LogP contribution in [0.3, 0.4) is 0 Å². The largest absolute Gasteiger partial charge is 0.494 e. The molecule has 0 aliphatic carbocycles. The zero-order valence-corrected chi connectivity index (χ0v) is 17.4. The van der Waals surface area contributed by atoms with Gasteiger partial charge in [0.15, 0.2) is 0 Å². The predicted octanol–water partition coefficient (Wildman–Crippen LogP) is 3.81. The van der Waals surface area contributed by atoms with Gasteiger partial charge < -0.3 is 18.8 Å². The Labute approximate surface area is 170 Å². The Balaban J connectivity index is 1.88. The summed E-state index contributed by atoms with van der Waals surface area (Å²) >= 11 is 0. The molecule has 0 bridgehead atoms. The molecule has 29 heavy (non-hydrogen) atoms. The van der Waals surface area contributed by atoms with Crippen LogP contribution in [0, 0.1) is 0 Å². The van der Waals surface area contributed by atoms with Crippen LogP contribution in [0.15, 0.2) is 57.7 Å². The van der Waals surface area contributed by atoms with Crippen molar-refractivity contribution in [2.24, 2.45) is 0 Å². The summed E-state index contributed by atoms with van der Waals surface area (Å²) in [6, 6.07) is 15.0.